The normalized spacial score (nSPS) is 11.3. The lowest BCUT2D eigenvalue weighted by atomic mass is 10.1. The highest BCUT2D eigenvalue weighted by Gasteiger charge is 2.13. The first-order chi connectivity index (χ1) is 10.2. The minimum atomic E-state index is -0.231. The lowest BCUT2D eigenvalue weighted by Crippen LogP contribution is -2.36. The van der Waals surface area contributed by atoms with Crippen LogP contribution in [0.3, 0.4) is 0 Å². The number of aliphatic hydroxyl groups is 1. The number of nitrogens with one attached hydrogen (secondary N) is 1. The van der Waals surface area contributed by atoms with Gasteiger partial charge in [-0.1, -0.05) is 24.0 Å². The van der Waals surface area contributed by atoms with Crippen molar-refractivity contribution in [3.63, 3.8) is 0 Å². The third-order valence-corrected chi connectivity index (χ3v) is 2.87. The number of amides is 1. The molecule has 0 aliphatic rings. The van der Waals surface area contributed by atoms with Gasteiger partial charge in [0.05, 0.1) is 12.1 Å². The van der Waals surface area contributed by atoms with Gasteiger partial charge in [-0.05, 0) is 25.1 Å². The first kappa shape index (κ1) is 14.8. The summed E-state index contributed by atoms with van der Waals surface area (Å²) in [6.45, 7) is 2.29. The Morgan fingerprint density at radius 2 is 2.24 bits per heavy atom. The summed E-state index contributed by atoms with van der Waals surface area (Å²) in [6.07, 6.45) is 3.55. The molecule has 5 heteroatoms. The minimum absolute atomic E-state index is 0.0590. The standard InChI is InChI=1S/C16H17N3O2/c1-13(12-19-10-5-9-17-19)18-16(21)15-8-3-2-6-14(15)7-4-11-20/h2-3,5-6,8-10,13,20H,11-12H2,1H3,(H,18,21). The molecular formula is C16H17N3O2. The molecule has 21 heavy (non-hydrogen) atoms. The third-order valence-electron chi connectivity index (χ3n) is 2.87. The van der Waals surface area contributed by atoms with Crippen LogP contribution in [-0.4, -0.2) is 33.4 Å². The molecular weight excluding hydrogens is 266 g/mol. The van der Waals surface area contributed by atoms with Crippen LogP contribution in [-0.2, 0) is 6.54 Å². The molecule has 0 fully saturated rings. The van der Waals surface area contributed by atoms with E-state index in [9.17, 15) is 4.79 Å². The van der Waals surface area contributed by atoms with Crippen LogP contribution in [0, 0.1) is 11.8 Å². The molecule has 1 amide bonds. The van der Waals surface area contributed by atoms with Gasteiger partial charge in [0.2, 0.25) is 0 Å². The van der Waals surface area contributed by atoms with Gasteiger partial charge in [0.1, 0.15) is 6.61 Å². The second-order valence-electron chi connectivity index (χ2n) is 4.61. The number of hydrogen-bond acceptors (Lipinski definition) is 3. The molecule has 0 aliphatic heterocycles. The molecule has 0 radical (unpaired) electrons. The predicted molar refractivity (Wildman–Crippen MR) is 79.6 cm³/mol. The Hall–Kier alpha value is -2.58. The fourth-order valence-corrected chi connectivity index (χ4v) is 1.96. The minimum Gasteiger partial charge on any atom is -0.384 e. The maximum atomic E-state index is 12.3. The van der Waals surface area contributed by atoms with E-state index >= 15 is 0 Å². The Kier molecular flexibility index (Phi) is 5.13. The van der Waals surface area contributed by atoms with Crippen LogP contribution in [0.15, 0.2) is 42.7 Å². The van der Waals surface area contributed by atoms with Gasteiger partial charge in [-0.2, -0.15) is 5.10 Å². The zero-order valence-electron chi connectivity index (χ0n) is 11.8. The van der Waals surface area contributed by atoms with Crippen LogP contribution in [0.25, 0.3) is 0 Å². The lowest BCUT2D eigenvalue weighted by molar-refractivity contribution is 0.0936. The summed E-state index contributed by atoms with van der Waals surface area (Å²) in [5.41, 5.74) is 1.11. The van der Waals surface area contributed by atoms with Crippen LogP contribution in [0.2, 0.25) is 0 Å². The number of carbonyl (C=O) groups is 1. The topological polar surface area (TPSA) is 67.2 Å². The molecule has 2 N–H and O–H groups in total. The smallest absolute Gasteiger partial charge is 0.252 e. The highest BCUT2D eigenvalue weighted by molar-refractivity contribution is 5.96. The summed E-state index contributed by atoms with van der Waals surface area (Å²) < 4.78 is 1.77. The summed E-state index contributed by atoms with van der Waals surface area (Å²) in [4.78, 5) is 12.3. The van der Waals surface area contributed by atoms with Crippen LogP contribution in [0.5, 0.6) is 0 Å². The van der Waals surface area contributed by atoms with E-state index in [1.165, 1.54) is 0 Å². The van der Waals surface area contributed by atoms with Crippen molar-refractivity contribution in [2.75, 3.05) is 6.61 Å². The van der Waals surface area contributed by atoms with Crippen molar-refractivity contribution in [2.45, 2.75) is 19.5 Å². The highest BCUT2D eigenvalue weighted by atomic mass is 16.2. The zero-order valence-corrected chi connectivity index (χ0v) is 11.8. The van der Waals surface area contributed by atoms with Crippen molar-refractivity contribution < 1.29 is 9.90 Å². The molecule has 0 spiro atoms. The summed E-state index contributed by atoms with van der Waals surface area (Å²) in [7, 11) is 0. The van der Waals surface area contributed by atoms with Gasteiger partial charge in [0, 0.05) is 24.0 Å². The Morgan fingerprint density at radius 3 is 2.95 bits per heavy atom. The van der Waals surface area contributed by atoms with E-state index in [1.807, 2.05) is 25.3 Å². The van der Waals surface area contributed by atoms with E-state index in [-0.39, 0.29) is 18.6 Å². The molecule has 5 nitrogen and oxygen atoms in total. The zero-order chi connectivity index (χ0) is 15.1. The van der Waals surface area contributed by atoms with E-state index in [0.29, 0.717) is 17.7 Å². The van der Waals surface area contributed by atoms with Crippen LogP contribution in [0.4, 0.5) is 0 Å². The second-order valence-corrected chi connectivity index (χ2v) is 4.61. The molecule has 1 aromatic heterocycles. The maximum absolute atomic E-state index is 12.3. The van der Waals surface area contributed by atoms with Crippen LogP contribution in [0.1, 0.15) is 22.8 Å². The monoisotopic (exact) mass is 283 g/mol. The Bertz CT molecular complexity index is 654. The van der Waals surface area contributed by atoms with Crippen molar-refractivity contribution >= 4 is 5.91 Å². The largest absolute Gasteiger partial charge is 0.384 e. The van der Waals surface area contributed by atoms with Gasteiger partial charge in [0.15, 0.2) is 0 Å². The average molecular weight is 283 g/mol. The van der Waals surface area contributed by atoms with Gasteiger partial charge < -0.3 is 10.4 Å². The molecule has 1 unspecified atom stereocenters. The van der Waals surface area contributed by atoms with Gasteiger partial charge >= 0.3 is 0 Å². The molecule has 108 valence electrons. The SMILES string of the molecule is CC(Cn1cccn1)NC(=O)c1ccccc1C#CCO. The maximum Gasteiger partial charge on any atom is 0.252 e. The number of aromatic nitrogens is 2. The van der Waals surface area contributed by atoms with Crippen molar-refractivity contribution in [1.29, 1.82) is 0 Å². The molecule has 2 aromatic rings. The van der Waals surface area contributed by atoms with Crippen molar-refractivity contribution in [3.8, 4) is 11.8 Å². The highest BCUT2D eigenvalue weighted by Crippen LogP contribution is 2.07. The molecule has 1 atom stereocenters. The number of nitrogens with zero attached hydrogens (tertiary/aromatic N) is 2. The summed E-state index contributed by atoms with van der Waals surface area (Å²) in [5.74, 6) is 5.16. The predicted octanol–water partition coefficient (Wildman–Crippen LogP) is 1.05. The molecule has 1 aromatic carbocycles. The number of rotatable bonds is 4. The molecule has 0 saturated carbocycles. The lowest BCUT2D eigenvalue weighted by Gasteiger charge is -2.14. The van der Waals surface area contributed by atoms with Crippen molar-refractivity contribution in [3.05, 3.63) is 53.9 Å². The Balaban J connectivity index is 2.06. The van der Waals surface area contributed by atoms with Crippen LogP contribution >= 0.6 is 0 Å². The fourth-order valence-electron chi connectivity index (χ4n) is 1.96. The molecule has 2 rings (SSSR count). The van der Waals surface area contributed by atoms with Gasteiger partial charge in [-0.25, -0.2) is 0 Å². The van der Waals surface area contributed by atoms with Crippen molar-refractivity contribution in [2.24, 2.45) is 0 Å². The number of hydrogen-bond donors (Lipinski definition) is 2. The first-order valence-corrected chi connectivity index (χ1v) is 6.67. The van der Waals surface area contributed by atoms with E-state index in [4.69, 9.17) is 5.11 Å². The first-order valence-electron chi connectivity index (χ1n) is 6.67. The average Bonchev–Trinajstić information content (AvgIpc) is 2.98. The van der Waals surface area contributed by atoms with E-state index < -0.39 is 0 Å². The third kappa shape index (κ3) is 4.20. The second kappa shape index (κ2) is 7.27. The summed E-state index contributed by atoms with van der Waals surface area (Å²) >= 11 is 0. The molecule has 1 heterocycles. The number of aliphatic hydroxyl groups excluding tert-OH is 1. The summed E-state index contributed by atoms with van der Waals surface area (Å²) in [5, 5.41) is 15.8. The number of carbonyl (C=O) groups excluding carboxylic acids is 1. The van der Waals surface area contributed by atoms with Gasteiger partial charge in [-0.15, -0.1) is 0 Å². The van der Waals surface area contributed by atoms with Gasteiger partial charge in [-0.3, -0.25) is 9.48 Å². The van der Waals surface area contributed by atoms with E-state index in [2.05, 4.69) is 22.3 Å². The number of benzene rings is 1. The quantitative estimate of drug-likeness (QED) is 0.824. The fraction of sp³-hybridized carbons (Fsp3) is 0.250. The van der Waals surface area contributed by atoms with E-state index in [1.54, 1.807) is 29.1 Å². The summed E-state index contributed by atoms with van der Waals surface area (Å²) in [6, 6.07) is 8.86. The van der Waals surface area contributed by atoms with Crippen LogP contribution < -0.4 is 5.32 Å². The molecule has 0 bridgehead atoms. The molecule has 0 aliphatic carbocycles. The van der Waals surface area contributed by atoms with Gasteiger partial charge in [0.25, 0.3) is 5.91 Å². The molecule has 0 saturated heterocycles. The van der Waals surface area contributed by atoms with Crippen molar-refractivity contribution in [1.82, 2.24) is 15.1 Å². The van der Waals surface area contributed by atoms with E-state index in [0.717, 1.165) is 0 Å². The Morgan fingerprint density at radius 1 is 1.43 bits per heavy atom. The Labute approximate surface area is 123 Å².